The molecule has 2 unspecified atom stereocenters. The SMILES string of the molecule is CCn1c(=O)n(CC)c2nc(NC(=O)CCC(=O)N3CC(C)CC(C)C3)ccc21. The Labute approximate surface area is 170 Å². The summed E-state index contributed by atoms with van der Waals surface area (Å²) in [6.45, 7) is 10.7. The van der Waals surface area contributed by atoms with Gasteiger partial charge in [-0.2, -0.15) is 0 Å². The first-order valence-electron chi connectivity index (χ1n) is 10.5. The number of hydrogen-bond acceptors (Lipinski definition) is 4. The molecule has 8 heteroatoms. The van der Waals surface area contributed by atoms with Gasteiger partial charge in [-0.25, -0.2) is 9.78 Å². The molecule has 1 aliphatic rings. The maximum Gasteiger partial charge on any atom is 0.330 e. The zero-order chi connectivity index (χ0) is 21.1. The van der Waals surface area contributed by atoms with Crippen molar-refractivity contribution in [3.63, 3.8) is 0 Å². The summed E-state index contributed by atoms with van der Waals surface area (Å²) in [5.41, 5.74) is 1.21. The molecule has 1 N–H and O–H groups in total. The van der Waals surface area contributed by atoms with Crippen LogP contribution >= 0.6 is 0 Å². The summed E-state index contributed by atoms with van der Waals surface area (Å²) < 4.78 is 3.26. The van der Waals surface area contributed by atoms with Crippen molar-refractivity contribution in [2.24, 2.45) is 11.8 Å². The van der Waals surface area contributed by atoms with Gasteiger partial charge in [-0.15, -0.1) is 0 Å². The third-order valence-corrected chi connectivity index (χ3v) is 5.55. The zero-order valence-corrected chi connectivity index (χ0v) is 17.8. The molecular formula is C21H31N5O3. The first-order valence-corrected chi connectivity index (χ1v) is 10.5. The lowest BCUT2D eigenvalue weighted by Gasteiger charge is -2.35. The largest absolute Gasteiger partial charge is 0.342 e. The first-order chi connectivity index (χ1) is 13.8. The van der Waals surface area contributed by atoms with Crippen molar-refractivity contribution in [1.29, 1.82) is 0 Å². The van der Waals surface area contributed by atoms with E-state index in [1.54, 1.807) is 21.3 Å². The van der Waals surface area contributed by atoms with Gasteiger partial charge in [-0.1, -0.05) is 13.8 Å². The van der Waals surface area contributed by atoms with E-state index in [9.17, 15) is 14.4 Å². The summed E-state index contributed by atoms with van der Waals surface area (Å²) in [6.07, 6.45) is 1.45. The number of likely N-dealkylation sites (tertiary alicyclic amines) is 1. The van der Waals surface area contributed by atoms with Crippen molar-refractivity contribution >= 4 is 28.8 Å². The van der Waals surface area contributed by atoms with Crippen molar-refractivity contribution in [2.45, 2.75) is 60.0 Å². The third-order valence-electron chi connectivity index (χ3n) is 5.55. The van der Waals surface area contributed by atoms with Gasteiger partial charge in [0.25, 0.3) is 0 Å². The van der Waals surface area contributed by atoms with E-state index in [4.69, 9.17) is 0 Å². The van der Waals surface area contributed by atoms with E-state index < -0.39 is 0 Å². The Morgan fingerprint density at radius 1 is 1.07 bits per heavy atom. The molecule has 1 aliphatic heterocycles. The van der Waals surface area contributed by atoms with E-state index in [1.165, 1.54) is 0 Å². The summed E-state index contributed by atoms with van der Waals surface area (Å²) in [7, 11) is 0. The minimum Gasteiger partial charge on any atom is -0.342 e. The average molecular weight is 402 g/mol. The number of pyridine rings is 1. The van der Waals surface area contributed by atoms with Crippen LogP contribution in [0.4, 0.5) is 5.82 Å². The predicted molar refractivity (Wildman–Crippen MR) is 113 cm³/mol. The number of rotatable bonds is 6. The first kappa shape index (κ1) is 21.1. The number of aryl methyl sites for hydroxylation is 2. The van der Waals surface area contributed by atoms with Gasteiger partial charge in [0.05, 0.1) is 5.52 Å². The Morgan fingerprint density at radius 2 is 1.72 bits per heavy atom. The van der Waals surface area contributed by atoms with Crippen LogP contribution in [0.1, 0.15) is 47.0 Å². The molecule has 0 saturated carbocycles. The van der Waals surface area contributed by atoms with E-state index in [-0.39, 0.29) is 30.3 Å². The number of aromatic nitrogens is 3. The lowest BCUT2D eigenvalue weighted by Crippen LogP contribution is -2.42. The number of hydrogen-bond donors (Lipinski definition) is 1. The number of fused-ring (bicyclic) bond motifs is 1. The Kier molecular flexibility index (Phi) is 6.39. The van der Waals surface area contributed by atoms with Gasteiger partial charge in [-0.05, 0) is 44.2 Å². The molecule has 2 amide bonds. The normalized spacial score (nSPS) is 19.5. The van der Waals surface area contributed by atoms with Crippen molar-refractivity contribution in [2.75, 3.05) is 18.4 Å². The van der Waals surface area contributed by atoms with Crippen LogP contribution in [0, 0.1) is 11.8 Å². The molecule has 2 aromatic heterocycles. The van der Waals surface area contributed by atoms with Crippen molar-refractivity contribution in [1.82, 2.24) is 19.0 Å². The molecule has 8 nitrogen and oxygen atoms in total. The predicted octanol–water partition coefficient (Wildman–Crippen LogP) is 2.46. The maximum atomic E-state index is 12.5. The molecule has 0 bridgehead atoms. The summed E-state index contributed by atoms with van der Waals surface area (Å²) in [5.74, 6) is 1.18. The standard InChI is InChI=1S/C21H31N5O3/c1-5-25-16-7-8-17(23-20(16)26(6-2)21(25)29)22-18(27)9-10-19(28)24-12-14(3)11-15(4)13-24/h7-8,14-15H,5-6,9-13H2,1-4H3,(H,22,23,27). The fraction of sp³-hybridized carbons (Fsp3) is 0.619. The fourth-order valence-electron chi connectivity index (χ4n) is 4.30. The van der Waals surface area contributed by atoms with Crippen molar-refractivity contribution in [3.05, 3.63) is 22.6 Å². The molecule has 2 aromatic rings. The van der Waals surface area contributed by atoms with Gasteiger partial charge in [0.2, 0.25) is 11.8 Å². The fourth-order valence-corrected chi connectivity index (χ4v) is 4.30. The van der Waals surface area contributed by atoms with E-state index in [0.717, 1.165) is 25.0 Å². The highest BCUT2D eigenvalue weighted by atomic mass is 16.2. The molecule has 3 heterocycles. The van der Waals surface area contributed by atoms with Crippen LogP contribution in [0.2, 0.25) is 0 Å². The summed E-state index contributed by atoms with van der Waals surface area (Å²) in [6, 6.07) is 3.50. The lowest BCUT2D eigenvalue weighted by molar-refractivity contribution is -0.135. The Hall–Kier alpha value is -2.64. The number of nitrogens with zero attached hydrogens (tertiary/aromatic N) is 4. The second-order valence-electron chi connectivity index (χ2n) is 8.10. The molecule has 158 valence electrons. The molecule has 3 rings (SSSR count). The smallest absolute Gasteiger partial charge is 0.330 e. The second-order valence-corrected chi connectivity index (χ2v) is 8.10. The van der Waals surface area contributed by atoms with Gasteiger partial charge in [0, 0.05) is 39.0 Å². The van der Waals surface area contributed by atoms with Gasteiger partial charge >= 0.3 is 5.69 Å². The molecule has 1 saturated heterocycles. The van der Waals surface area contributed by atoms with Gasteiger partial charge in [0.15, 0.2) is 5.65 Å². The molecule has 0 aliphatic carbocycles. The molecule has 0 radical (unpaired) electrons. The lowest BCUT2D eigenvalue weighted by atomic mass is 9.91. The molecule has 0 spiro atoms. The summed E-state index contributed by atoms with van der Waals surface area (Å²) in [4.78, 5) is 43.6. The average Bonchev–Trinajstić information content (AvgIpc) is 2.95. The third kappa shape index (κ3) is 4.52. The van der Waals surface area contributed by atoms with Crippen LogP contribution in [-0.2, 0) is 22.7 Å². The second kappa shape index (κ2) is 8.80. The highest BCUT2D eigenvalue weighted by Gasteiger charge is 2.25. The summed E-state index contributed by atoms with van der Waals surface area (Å²) >= 11 is 0. The number of nitrogens with one attached hydrogen (secondary N) is 1. The van der Waals surface area contributed by atoms with Gasteiger partial charge < -0.3 is 10.2 Å². The Balaban J connectivity index is 1.64. The zero-order valence-electron chi connectivity index (χ0n) is 17.8. The Bertz CT molecular complexity index is 951. The molecule has 1 fully saturated rings. The van der Waals surface area contributed by atoms with Crippen LogP contribution in [-0.4, -0.2) is 43.9 Å². The van der Waals surface area contributed by atoms with E-state index in [0.29, 0.717) is 36.4 Å². The van der Waals surface area contributed by atoms with Crippen LogP contribution in [0.25, 0.3) is 11.2 Å². The molecule has 2 atom stereocenters. The summed E-state index contributed by atoms with van der Waals surface area (Å²) in [5, 5.41) is 2.76. The minimum atomic E-state index is -0.247. The molecule has 29 heavy (non-hydrogen) atoms. The van der Waals surface area contributed by atoms with Crippen molar-refractivity contribution < 1.29 is 9.59 Å². The monoisotopic (exact) mass is 401 g/mol. The number of carbonyl (C=O) groups excluding carboxylic acids is 2. The van der Waals surface area contributed by atoms with Crippen LogP contribution in [0.5, 0.6) is 0 Å². The van der Waals surface area contributed by atoms with Crippen LogP contribution < -0.4 is 11.0 Å². The number of amides is 2. The van der Waals surface area contributed by atoms with E-state index >= 15 is 0 Å². The van der Waals surface area contributed by atoms with Crippen molar-refractivity contribution in [3.8, 4) is 0 Å². The van der Waals surface area contributed by atoms with E-state index in [2.05, 4.69) is 24.1 Å². The topological polar surface area (TPSA) is 89.2 Å². The minimum absolute atomic E-state index is 0.0294. The van der Waals surface area contributed by atoms with Crippen LogP contribution in [0.3, 0.4) is 0 Å². The molecule has 0 aromatic carbocycles. The Morgan fingerprint density at radius 3 is 2.34 bits per heavy atom. The van der Waals surface area contributed by atoms with E-state index in [1.807, 2.05) is 18.7 Å². The highest BCUT2D eigenvalue weighted by Crippen LogP contribution is 2.22. The number of piperidine rings is 1. The van der Waals surface area contributed by atoms with Gasteiger partial charge in [-0.3, -0.25) is 18.7 Å². The number of imidazole rings is 1. The molecular weight excluding hydrogens is 370 g/mol. The van der Waals surface area contributed by atoms with Gasteiger partial charge in [0.1, 0.15) is 5.82 Å². The number of anilines is 1. The van der Waals surface area contributed by atoms with Crippen LogP contribution in [0.15, 0.2) is 16.9 Å². The quantitative estimate of drug-likeness (QED) is 0.805. The maximum absolute atomic E-state index is 12.5. The highest BCUT2D eigenvalue weighted by molar-refractivity contribution is 5.93. The number of carbonyl (C=O) groups is 2.